The fraction of sp³-hybridized carbons (Fsp3) is 0.286. The van der Waals surface area contributed by atoms with E-state index < -0.39 is 0 Å². The van der Waals surface area contributed by atoms with Crippen molar-refractivity contribution in [3.8, 4) is 0 Å². The van der Waals surface area contributed by atoms with Crippen LogP contribution in [0.5, 0.6) is 0 Å². The lowest BCUT2D eigenvalue weighted by atomic mass is 10.1. The lowest BCUT2D eigenvalue weighted by Crippen LogP contribution is -2.31. The van der Waals surface area contributed by atoms with E-state index in [1.54, 1.807) is 5.01 Å². The van der Waals surface area contributed by atoms with Crippen molar-refractivity contribution < 1.29 is 0 Å². The van der Waals surface area contributed by atoms with E-state index in [9.17, 15) is 0 Å². The molecule has 0 atom stereocenters. The molecule has 0 amide bonds. The van der Waals surface area contributed by atoms with Crippen molar-refractivity contribution in [1.29, 1.82) is 0 Å². The molecular formula is C14H18N4. The van der Waals surface area contributed by atoms with Crippen LogP contribution in [-0.2, 0) is 6.42 Å². The van der Waals surface area contributed by atoms with Gasteiger partial charge in [0.25, 0.3) is 0 Å². The third kappa shape index (κ3) is 3.05. The first-order valence-electron chi connectivity index (χ1n) is 6.09. The van der Waals surface area contributed by atoms with E-state index in [4.69, 9.17) is 5.84 Å². The summed E-state index contributed by atoms with van der Waals surface area (Å²) < 4.78 is 0. The maximum absolute atomic E-state index is 5.87. The molecule has 0 unspecified atom stereocenters. The first-order chi connectivity index (χ1) is 8.69. The van der Waals surface area contributed by atoms with E-state index in [1.165, 1.54) is 5.56 Å². The normalized spacial score (nSPS) is 10.4. The second-order valence-electron chi connectivity index (χ2n) is 4.23. The molecule has 0 aliphatic rings. The van der Waals surface area contributed by atoms with E-state index in [0.29, 0.717) is 0 Å². The Kier molecular flexibility index (Phi) is 3.89. The van der Waals surface area contributed by atoms with Crippen LogP contribution in [0.4, 0.5) is 5.82 Å². The molecule has 1 aromatic heterocycles. The maximum atomic E-state index is 5.87. The molecule has 0 aliphatic heterocycles. The number of anilines is 1. The molecule has 4 nitrogen and oxygen atoms in total. The average molecular weight is 242 g/mol. The van der Waals surface area contributed by atoms with Crippen molar-refractivity contribution in [2.24, 2.45) is 5.84 Å². The zero-order valence-corrected chi connectivity index (χ0v) is 10.8. The summed E-state index contributed by atoms with van der Waals surface area (Å²) in [6.07, 6.45) is 0.729. The number of aromatic nitrogens is 2. The average Bonchev–Trinajstić information content (AvgIpc) is 2.38. The van der Waals surface area contributed by atoms with Gasteiger partial charge in [-0.25, -0.2) is 15.8 Å². The first kappa shape index (κ1) is 12.5. The fourth-order valence-electron chi connectivity index (χ4n) is 1.78. The van der Waals surface area contributed by atoms with Gasteiger partial charge in [-0.3, -0.25) is 5.01 Å². The van der Waals surface area contributed by atoms with E-state index in [2.05, 4.69) is 22.1 Å². The van der Waals surface area contributed by atoms with E-state index in [1.807, 2.05) is 38.1 Å². The molecule has 2 N–H and O–H groups in total. The Labute approximate surface area is 107 Å². The van der Waals surface area contributed by atoms with E-state index >= 15 is 0 Å². The quantitative estimate of drug-likeness (QED) is 0.658. The number of hydrazine groups is 1. The Morgan fingerprint density at radius 2 is 1.89 bits per heavy atom. The summed E-state index contributed by atoms with van der Waals surface area (Å²) in [4.78, 5) is 8.94. The van der Waals surface area contributed by atoms with Crippen LogP contribution in [0.2, 0.25) is 0 Å². The van der Waals surface area contributed by atoms with Crippen LogP contribution in [0.25, 0.3) is 0 Å². The SMILES string of the molecule is CCN(N)c1cc(C)nc(Cc2ccccc2)n1. The van der Waals surface area contributed by atoms with Crippen molar-refractivity contribution >= 4 is 5.82 Å². The van der Waals surface area contributed by atoms with Gasteiger partial charge >= 0.3 is 0 Å². The Morgan fingerprint density at radius 3 is 2.56 bits per heavy atom. The van der Waals surface area contributed by atoms with Gasteiger partial charge in [-0.15, -0.1) is 0 Å². The first-order valence-corrected chi connectivity index (χ1v) is 6.09. The number of aryl methyl sites for hydroxylation is 1. The minimum absolute atomic E-state index is 0.723. The number of hydrogen-bond donors (Lipinski definition) is 1. The molecular weight excluding hydrogens is 224 g/mol. The van der Waals surface area contributed by atoms with Gasteiger partial charge in [-0.05, 0) is 19.4 Å². The Hall–Kier alpha value is -1.94. The topological polar surface area (TPSA) is 55.0 Å². The van der Waals surface area contributed by atoms with Crippen LogP contribution < -0.4 is 10.9 Å². The van der Waals surface area contributed by atoms with Gasteiger partial charge in [-0.2, -0.15) is 0 Å². The van der Waals surface area contributed by atoms with E-state index in [0.717, 1.165) is 30.3 Å². The molecule has 1 heterocycles. The Bertz CT molecular complexity index is 510. The largest absolute Gasteiger partial charge is 0.295 e. The summed E-state index contributed by atoms with van der Waals surface area (Å²) >= 11 is 0. The molecule has 2 rings (SSSR count). The highest BCUT2D eigenvalue weighted by atomic mass is 15.4. The molecule has 0 bridgehead atoms. The highest BCUT2D eigenvalue weighted by molar-refractivity contribution is 5.38. The van der Waals surface area contributed by atoms with Gasteiger partial charge in [0, 0.05) is 24.7 Å². The number of nitrogens with two attached hydrogens (primary N) is 1. The smallest absolute Gasteiger partial charge is 0.146 e. The van der Waals surface area contributed by atoms with Gasteiger partial charge in [0.1, 0.15) is 11.6 Å². The molecule has 0 spiro atoms. The molecule has 0 saturated heterocycles. The van der Waals surface area contributed by atoms with Gasteiger partial charge in [0.05, 0.1) is 0 Å². The molecule has 0 fully saturated rings. The van der Waals surface area contributed by atoms with Crippen LogP contribution in [0, 0.1) is 6.92 Å². The summed E-state index contributed by atoms with van der Waals surface area (Å²) in [5.41, 5.74) is 2.14. The predicted octanol–water partition coefficient (Wildman–Crippen LogP) is 2.08. The highest BCUT2D eigenvalue weighted by Crippen LogP contribution is 2.12. The molecule has 18 heavy (non-hydrogen) atoms. The number of nitrogens with zero attached hydrogens (tertiary/aromatic N) is 3. The van der Waals surface area contributed by atoms with Gasteiger partial charge in [0.15, 0.2) is 0 Å². The third-order valence-corrected chi connectivity index (χ3v) is 2.73. The summed E-state index contributed by atoms with van der Waals surface area (Å²) in [5, 5.41) is 1.63. The summed E-state index contributed by atoms with van der Waals surface area (Å²) in [6, 6.07) is 12.1. The zero-order chi connectivity index (χ0) is 13.0. The lowest BCUT2D eigenvalue weighted by molar-refractivity contribution is 0.836. The standard InChI is InChI=1S/C14H18N4/c1-3-18(15)14-9-11(2)16-13(17-14)10-12-7-5-4-6-8-12/h4-9H,3,10,15H2,1-2H3. The van der Waals surface area contributed by atoms with Gasteiger partial charge in [-0.1, -0.05) is 30.3 Å². The third-order valence-electron chi connectivity index (χ3n) is 2.73. The molecule has 0 radical (unpaired) electrons. The van der Waals surface area contributed by atoms with Crippen LogP contribution in [0.3, 0.4) is 0 Å². The molecule has 1 aromatic carbocycles. The van der Waals surface area contributed by atoms with Crippen LogP contribution in [0.15, 0.2) is 36.4 Å². The van der Waals surface area contributed by atoms with Crippen LogP contribution >= 0.6 is 0 Å². The van der Waals surface area contributed by atoms with Crippen molar-refractivity contribution in [1.82, 2.24) is 9.97 Å². The molecule has 0 saturated carbocycles. The number of hydrogen-bond acceptors (Lipinski definition) is 4. The van der Waals surface area contributed by atoms with Gasteiger partial charge in [0.2, 0.25) is 0 Å². The second-order valence-corrected chi connectivity index (χ2v) is 4.23. The summed E-state index contributed by atoms with van der Waals surface area (Å²) in [7, 11) is 0. The number of benzene rings is 1. The monoisotopic (exact) mass is 242 g/mol. The summed E-state index contributed by atoms with van der Waals surface area (Å²) in [6.45, 7) is 4.68. The second kappa shape index (κ2) is 5.60. The molecule has 94 valence electrons. The molecule has 2 aromatic rings. The van der Waals surface area contributed by atoms with Crippen molar-refractivity contribution in [2.45, 2.75) is 20.3 Å². The predicted molar refractivity (Wildman–Crippen MR) is 73.2 cm³/mol. The van der Waals surface area contributed by atoms with Gasteiger partial charge < -0.3 is 0 Å². The van der Waals surface area contributed by atoms with E-state index in [-0.39, 0.29) is 0 Å². The van der Waals surface area contributed by atoms with Crippen molar-refractivity contribution in [3.63, 3.8) is 0 Å². The zero-order valence-electron chi connectivity index (χ0n) is 10.8. The van der Waals surface area contributed by atoms with Crippen LogP contribution in [-0.4, -0.2) is 16.5 Å². The highest BCUT2D eigenvalue weighted by Gasteiger charge is 2.06. The molecule has 4 heteroatoms. The maximum Gasteiger partial charge on any atom is 0.146 e. The summed E-state index contributed by atoms with van der Waals surface area (Å²) in [5.74, 6) is 7.45. The molecule has 0 aliphatic carbocycles. The lowest BCUT2D eigenvalue weighted by Gasteiger charge is -2.16. The Morgan fingerprint density at radius 1 is 1.17 bits per heavy atom. The Balaban J connectivity index is 2.26. The van der Waals surface area contributed by atoms with Crippen LogP contribution in [0.1, 0.15) is 24.0 Å². The fourth-order valence-corrected chi connectivity index (χ4v) is 1.78. The number of rotatable bonds is 4. The minimum atomic E-state index is 0.723. The van der Waals surface area contributed by atoms with Crippen molar-refractivity contribution in [3.05, 3.63) is 53.5 Å². The minimum Gasteiger partial charge on any atom is -0.295 e. The van der Waals surface area contributed by atoms with Crippen molar-refractivity contribution in [2.75, 3.05) is 11.6 Å².